The van der Waals surface area contributed by atoms with Crippen molar-refractivity contribution in [3.63, 3.8) is 0 Å². The third-order valence-corrected chi connectivity index (χ3v) is 6.22. The maximum atomic E-state index is 12.8. The van der Waals surface area contributed by atoms with Crippen LogP contribution in [-0.4, -0.2) is 51.7 Å². The number of benzene rings is 1. The van der Waals surface area contributed by atoms with Gasteiger partial charge in [0.15, 0.2) is 0 Å². The number of thioether (sulfide) groups is 1. The van der Waals surface area contributed by atoms with E-state index in [0.717, 1.165) is 0 Å². The van der Waals surface area contributed by atoms with Crippen molar-refractivity contribution in [2.75, 3.05) is 12.8 Å². The first-order chi connectivity index (χ1) is 12.1. The van der Waals surface area contributed by atoms with Crippen LogP contribution in [0.3, 0.4) is 0 Å². The Kier molecular flexibility index (Phi) is 4.85. The van der Waals surface area contributed by atoms with Crippen LogP contribution in [0.15, 0.2) is 24.3 Å². The van der Waals surface area contributed by atoms with Crippen molar-refractivity contribution in [1.82, 2.24) is 9.80 Å². The molecule has 142 valence electrons. The molecule has 0 radical (unpaired) electrons. The normalized spacial score (nSPS) is 25.3. The molecule has 0 aromatic heterocycles. The van der Waals surface area contributed by atoms with E-state index >= 15 is 0 Å². The third-order valence-electron chi connectivity index (χ3n) is 4.71. The largest absolute Gasteiger partial charge is 0.573 e. The third kappa shape index (κ3) is 3.62. The molecule has 2 saturated heterocycles. The zero-order chi connectivity index (χ0) is 19.1. The van der Waals surface area contributed by atoms with E-state index in [1.807, 2.05) is 6.92 Å². The molecule has 0 aliphatic carbocycles. The highest BCUT2D eigenvalue weighted by atomic mass is 32.2. The second kappa shape index (κ2) is 6.68. The van der Waals surface area contributed by atoms with E-state index in [1.54, 1.807) is 22.7 Å². The summed E-state index contributed by atoms with van der Waals surface area (Å²) in [5, 5.41) is 0. The van der Waals surface area contributed by atoms with Crippen LogP contribution in [-0.2, 0) is 16.1 Å². The average Bonchev–Trinajstić information content (AvgIpc) is 3.04. The summed E-state index contributed by atoms with van der Waals surface area (Å²) in [4.78, 5) is 27.6. The van der Waals surface area contributed by atoms with Gasteiger partial charge in [-0.15, -0.1) is 24.9 Å². The molecular weight excluding hydrogens is 369 g/mol. The molecule has 1 aromatic rings. The summed E-state index contributed by atoms with van der Waals surface area (Å²) in [6, 6.07) is 5.14. The van der Waals surface area contributed by atoms with Crippen LogP contribution in [0.2, 0.25) is 0 Å². The first-order valence-corrected chi connectivity index (χ1v) is 9.14. The van der Waals surface area contributed by atoms with Gasteiger partial charge in [0.05, 0.1) is 4.87 Å². The fourth-order valence-corrected chi connectivity index (χ4v) is 4.87. The Morgan fingerprint density at radius 1 is 1.42 bits per heavy atom. The molecule has 0 spiro atoms. The van der Waals surface area contributed by atoms with Crippen molar-refractivity contribution in [3.8, 4) is 5.75 Å². The summed E-state index contributed by atoms with van der Waals surface area (Å²) in [5.41, 5.74) is 0.252. The smallest absolute Gasteiger partial charge is 0.405 e. The monoisotopic (exact) mass is 388 g/mol. The predicted octanol–water partition coefficient (Wildman–Crippen LogP) is 3.00. The number of para-hydroxylation sites is 1. The van der Waals surface area contributed by atoms with Gasteiger partial charge in [-0.05, 0) is 19.4 Å². The molecule has 26 heavy (non-hydrogen) atoms. The van der Waals surface area contributed by atoms with Gasteiger partial charge in [-0.3, -0.25) is 9.59 Å². The second-order valence-electron chi connectivity index (χ2n) is 6.62. The van der Waals surface area contributed by atoms with Crippen LogP contribution in [0.4, 0.5) is 13.2 Å². The van der Waals surface area contributed by atoms with Gasteiger partial charge in [0.25, 0.3) is 0 Å². The molecule has 2 unspecified atom stereocenters. The molecule has 0 N–H and O–H groups in total. The molecule has 2 aliphatic heterocycles. The first kappa shape index (κ1) is 18.9. The lowest BCUT2D eigenvalue weighted by atomic mass is 10.1. The van der Waals surface area contributed by atoms with E-state index in [4.69, 9.17) is 0 Å². The quantitative estimate of drug-likeness (QED) is 0.796. The highest BCUT2D eigenvalue weighted by Gasteiger charge is 2.53. The summed E-state index contributed by atoms with van der Waals surface area (Å²) >= 11 is 1.57. The van der Waals surface area contributed by atoms with E-state index in [2.05, 4.69) is 4.74 Å². The number of likely N-dealkylation sites (N-methyl/N-ethyl adjacent to an activating group) is 1. The topological polar surface area (TPSA) is 49.9 Å². The molecule has 2 amide bonds. The molecular formula is C17H19F3N2O3S. The van der Waals surface area contributed by atoms with Crippen molar-refractivity contribution < 1.29 is 27.5 Å². The number of halogens is 3. The number of carbonyl (C=O) groups is 2. The number of fused-ring (bicyclic) bond motifs is 1. The Morgan fingerprint density at radius 2 is 2.12 bits per heavy atom. The zero-order valence-electron chi connectivity index (χ0n) is 14.4. The number of hydrogen-bond donors (Lipinski definition) is 0. The molecule has 2 fully saturated rings. The summed E-state index contributed by atoms with van der Waals surface area (Å²) in [7, 11) is 1.52. The Hall–Kier alpha value is -1.90. The minimum absolute atomic E-state index is 0.0367. The van der Waals surface area contributed by atoms with Crippen LogP contribution in [0.25, 0.3) is 0 Å². The van der Waals surface area contributed by atoms with Crippen molar-refractivity contribution in [3.05, 3.63) is 29.8 Å². The fourth-order valence-electron chi connectivity index (χ4n) is 3.45. The second-order valence-corrected chi connectivity index (χ2v) is 8.12. The summed E-state index contributed by atoms with van der Waals surface area (Å²) in [5.74, 6) is -0.169. The Morgan fingerprint density at radius 3 is 2.81 bits per heavy atom. The number of ether oxygens (including phenoxy) is 1. The van der Waals surface area contributed by atoms with Crippen molar-refractivity contribution >= 4 is 23.6 Å². The van der Waals surface area contributed by atoms with Crippen molar-refractivity contribution in [2.45, 2.75) is 43.6 Å². The minimum atomic E-state index is -4.80. The van der Waals surface area contributed by atoms with Gasteiger partial charge in [0.2, 0.25) is 11.8 Å². The van der Waals surface area contributed by atoms with Crippen LogP contribution < -0.4 is 4.74 Å². The number of rotatable bonds is 4. The molecule has 1 aromatic carbocycles. The summed E-state index contributed by atoms with van der Waals surface area (Å²) < 4.78 is 41.7. The lowest BCUT2D eigenvalue weighted by Gasteiger charge is -2.32. The Labute approximate surface area is 153 Å². The van der Waals surface area contributed by atoms with E-state index in [0.29, 0.717) is 18.6 Å². The van der Waals surface area contributed by atoms with Gasteiger partial charge < -0.3 is 14.5 Å². The van der Waals surface area contributed by atoms with Crippen molar-refractivity contribution in [1.29, 1.82) is 0 Å². The van der Waals surface area contributed by atoms with Gasteiger partial charge in [-0.25, -0.2) is 0 Å². The summed E-state index contributed by atoms with van der Waals surface area (Å²) in [6.45, 7) is 1.91. The maximum Gasteiger partial charge on any atom is 0.573 e. The van der Waals surface area contributed by atoms with Gasteiger partial charge >= 0.3 is 6.36 Å². The Balaban J connectivity index is 1.74. The van der Waals surface area contributed by atoms with Crippen LogP contribution in [0.5, 0.6) is 5.75 Å². The number of amides is 2. The van der Waals surface area contributed by atoms with Gasteiger partial charge in [-0.2, -0.15) is 0 Å². The molecule has 0 saturated carbocycles. The number of hydrogen-bond acceptors (Lipinski definition) is 4. The van der Waals surface area contributed by atoms with Crippen LogP contribution in [0.1, 0.15) is 25.3 Å². The molecule has 9 heteroatoms. The molecule has 2 heterocycles. The highest BCUT2D eigenvalue weighted by molar-refractivity contribution is 8.01. The molecule has 5 nitrogen and oxygen atoms in total. The first-order valence-electron chi connectivity index (χ1n) is 8.15. The molecule has 2 atom stereocenters. The van der Waals surface area contributed by atoms with Gasteiger partial charge in [-0.1, -0.05) is 18.2 Å². The zero-order valence-corrected chi connectivity index (χ0v) is 15.2. The predicted molar refractivity (Wildman–Crippen MR) is 90.3 cm³/mol. The SMILES string of the molecule is CN(Cc1ccccc1OC(F)(F)F)C(=O)C1CSC2(C)CCC(=O)N12. The standard InChI is InChI=1S/C17H19F3N2O3S/c1-16-8-7-14(23)22(16)12(10-26-16)15(24)21(2)9-11-5-3-4-6-13(11)25-17(18,19)20/h3-6,12H,7-10H2,1-2H3. The van der Waals surface area contributed by atoms with E-state index in [1.165, 1.54) is 30.1 Å². The molecule has 3 rings (SSSR count). The Bertz CT molecular complexity index is 727. The van der Waals surface area contributed by atoms with Crippen molar-refractivity contribution in [2.24, 2.45) is 0 Å². The molecule has 0 bridgehead atoms. The lowest BCUT2D eigenvalue weighted by Crippen LogP contribution is -2.50. The fraction of sp³-hybridized carbons (Fsp3) is 0.529. The minimum Gasteiger partial charge on any atom is -0.405 e. The van der Waals surface area contributed by atoms with Crippen LogP contribution in [0, 0.1) is 0 Å². The lowest BCUT2D eigenvalue weighted by molar-refractivity contribution is -0.275. The average molecular weight is 388 g/mol. The van der Waals surface area contributed by atoms with Gasteiger partial charge in [0, 0.05) is 31.3 Å². The van der Waals surface area contributed by atoms with E-state index < -0.39 is 12.4 Å². The number of nitrogens with zero attached hydrogens (tertiary/aromatic N) is 2. The van der Waals surface area contributed by atoms with E-state index in [-0.39, 0.29) is 34.5 Å². The summed E-state index contributed by atoms with van der Waals surface area (Å²) in [6.07, 6.45) is -3.68. The number of carbonyl (C=O) groups excluding carboxylic acids is 2. The van der Waals surface area contributed by atoms with Gasteiger partial charge in [0.1, 0.15) is 11.8 Å². The highest BCUT2D eigenvalue weighted by Crippen LogP contribution is 2.47. The maximum absolute atomic E-state index is 12.8. The number of alkyl halides is 3. The molecule has 2 aliphatic rings. The van der Waals surface area contributed by atoms with Crippen LogP contribution >= 0.6 is 11.8 Å². The van der Waals surface area contributed by atoms with E-state index in [9.17, 15) is 22.8 Å².